The molecule has 7 heteroatoms. The molecule has 0 atom stereocenters. The van der Waals surface area contributed by atoms with E-state index in [1.807, 2.05) is 0 Å². The lowest BCUT2D eigenvalue weighted by molar-refractivity contribution is 0.0691. The topological polar surface area (TPSA) is 66.0 Å². The molecular formula is C10H5F3N2O2. The number of nitrogens with zero attached hydrogens (tertiary/aromatic N) is 1. The Labute approximate surface area is 92.7 Å². The van der Waals surface area contributed by atoms with Crippen molar-refractivity contribution in [2.75, 3.05) is 0 Å². The molecule has 0 aliphatic carbocycles. The predicted molar refractivity (Wildman–Crippen MR) is 50.9 cm³/mol. The molecule has 2 rings (SSSR count). The average molecular weight is 242 g/mol. The molecule has 4 nitrogen and oxygen atoms in total. The van der Waals surface area contributed by atoms with E-state index in [0.717, 1.165) is 18.3 Å². The van der Waals surface area contributed by atoms with Gasteiger partial charge in [0.25, 0.3) is 0 Å². The number of aromatic nitrogens is 2. The Morgan fingerprint density at radius 3 is 2.29 bits per heavy atom. The van der Waals surface area contributed by atoms with E-state index >= 15 is 0 Å². The number of aromatic carboxylic acids is 1. The van der Waals surface area contributed by atoms with Gasteiger partial charge in [-0.3, -0.25) is 0 Å². The summed E-state index contributed by atoms with van der Waals surface area (Å²) in [7, 11) is 0. The van der Waals surface area contributed by atoms with Gasteiger partial charge in [0.1, 0.15) is 11.5 Å². The van der Waals surface area contributed by atoms with Crippen LogP contribution in [0, 0.1) is 17.5 Å². The van der Waals surface area contributed by atoms with E-state index in [2.05, 4.69) is 9.97 Å². The molecular weight excluding hydrogens is 237 g/mol. The number of H-pyrrole nitrogens is 1. The summed E-state index contributed by atoms with van der Waals surface area (Å²) < 4.78 is 38.5. The number of hydrogen-bond acceptors (Lipinski definition) is 2. The van der Waals surface area contributed by atoms with Gasteiger partial charge in [-0.15, -0.1) is 0 Å². The van der Waals surface area contributed by atoms with Crippen molar-refractivity contribution in [3.63, 3.8) is 0 Å². The number of benzene rings is 1. The summed E-state index contributed by atoms with van der Waals surface area (Å²) in [6.07, 6.45) is 0.997. The molecule has 0 spiro atoms. The number of halogens is 3. The Morgan fingerprint density at radius 2 is 1.82 bits per heavy atom. The highest BCUT2D eigenvalue weighted by Crippen LogP contribution is 2.21. The molecule has 0 amide bonds. The third kappa shape index (κ3) is 1.99. The second kappa shape index (κ2) is 3.93. The van der Waals surface area contributed by atoms with Crippen molar-refractivity contribution in [2.45, 2.75) is 0 Å². The smallest absolute Gasteiger partial charge is 0.353 e. The standard InChI is InChI=1S/C10H5F3N2O2/c11-5-1-4(2-6(12)8(5)13)9-14-3-7(15-9)10(16)17/h1-3H,(H,14,15)(H,16,17). The highest BCUT2D eigenvalue weighted by atomic mass is 19.2. The van der Waals surface area contributed by atoms with Gasteiger partial charge in [0.15, 0.2) is 17.5 Å². The minimum atomic E-state index is -1.58. The Hall–Kier alpha value is -2.31. The van der Waals surface area contributed by atoms with Gasteiger partial charge in [0.2, 0.25) is 0 Å². The number of carboxylic acids is 1. The minimum absolute atomic E-state index is 0.0554. The van der Waals surface area contributed by atoms with Gasteiger partial charge >= 0.3 is 5.97 Å². The molecule has 0 aliphatic heterocycles. The van der Waals surface area contributed by atoms with Gasteiger partial charge < -0.3 is 10.1 Å². The van der Waals surface area contributed by atoms with Crippen molar-refractivity contribution >= 4 is 5.97 Å². The van der Waals surface area contributed by atoms with E-state index in [0.29, 0.717) is 0 Å². The first kappa shape index (κ1) is 11.2. The minimum Gasteiger partial charge on any atom is -0.477 e. The summed E-state index contributed by atoms with van der Waals surface area (Å²) in [5, 5.41) is 8.62. The first-order valence-electron chi connectivity index (χ1n) is 4.42. The number of imidazole rings is 1. The lowest BCUT2D eigenvalue weighted by atomic mass is 10.2. The Morgan fingerprint density at radius 1 is 1.24 bits per heavy atom. The normalized spacial score (nSPS) is 10.5. The van der Waals surface area contributed by atoms with Crippen molar-refractivity contribution in [2.24, 2.45) is 0 Å². The molecule has 17 heavy (non-hydrogen) atoms. The maximum atomic E-state index is 12.9. The van der Waals surface area contributed by atoms with Crippen LogP contribution in [-0.2, 0) is 0 Å². The van der Waals surface area contributed by atoms with Crippen LogP contribution in [0.2, 0.25) is 0 Å². The zero-order chi connectivity index (χ0) is 12.6. The summed E-state index contributed by atoms with van der Waals surface area (Å²) in [5.41, 5.74) is -0.306. The van der Waals surface area contributed by atoms with Gasteiger partial charge in [0.05, 0.1) is 6.20 Å². The van der Waals surface area contributed by atoms with Crippen LogP contribution in [0.5, 0.6) is 0 Å². The van der Waals surface area contributed by atoms with Crippen LogP contribution in [0.1, 0.15) is 10.5 Å². The van der Waals surface area contributed by atoms with Gasteiger partial charge in [-0.25, -0.2) is 22.9 Å². The van der Waals surface area contributed by atoms with E-state index in [1.165, 1.54) is 0 Å². The molecule has 0 radical (unpaired) electrons. The van der Waals surface area contributed by atoms with E-state index < -0.39 is 23.4 Å². The quantitative estimate of drug-likeness (QED) is 0.793. The summed E-state index contributed by atoms with van der Waals surface area (Å²) >= 11 is 0. The maximum absolute atomic E-state index is 12.9. The van der Waals surface area contributed by atoms with E-state index in [-0.39, 0.29) is 17.1 Å². The fourth-order valence-electron chi connectivity index (χ4n) is 1.27. The number of rotatable bonds is 2. The lowest BCUT2D eigenvalue weighted by Gasteiger charge is -1.99. The van der Waals surface area contributed by atoms with Crippen LogP contribution in [0.3, 0.4) is 0 Å². The Bertz CT molecular complexity index is 572. The Balaban J connectivity index is 2.49. The number of aromatic amines is 1. The van der Waals surface area contributed by atoms with Gasteiger partial charge in [-0.2, -0.15) is 0 Å². The molecule has 0 saturated carbocycles. The third-order valence-electron chi connectivity index (χ3n) is 2.06. The molecule has 1 aromatic carbocycles. The van der Waals surface area contributed by atoms with Gasteiger partial charge in [0, 0.05) is 5.56 Å². The van der Waals surface area contributed by atoms with Crippen LogP contribution >= 0.6 is 0 Å². The maximum Gasteiger partial charge on any atom is 0.353 e. The molecule has 0 fully saturated rings. The fraction of sp³-hybridized carbons (Fsp3) is 0. The zero-order valence-electron chi connectivity index (χ0n) is 8.17. The summed E-state index contributed by atoms with van der Waals surface area (Å²) in [4.78, 5) is 16.5. The molecule has 0 aliphatic rings. The molecule has 2 N–H and O–H groups in total. The van der Waals surface area contributed by atoms with Crippen LogP contribution in [0.15, 0.2) is 18.3 Å². The average Bonchev–Trinajstić information content (AvgIpc) is 2.74. The van der Waals surface area contributed by atoms with E-state index in [9.17, 15) is 18.0 Å². The predicted octanol–water partition coefficient (Wildman–Crippen LogP) is 2.19. The van der Waals surface area contributed by atoms with Gasteiger partial charge in [-0.05, 0) is 12.1 Å². The molecule has 2 aromatic rings. The van der Waals surface area contributed by atoms with Crippen LogP contribution in [-0.4, -0.2) is 21.0 Å². The number of nitrogens with one attached hydrogen (secondary N) is 1. The van der Waals surface area contributed by atoms with Gasteiger partial charge in [-0.1, -0.05) is 0 Å². The molecule has 0 unspecified atom stereocenters. The lowest BCUT2D eigenvalue weighted by Crippen LogP contribution is -1.96. The van der Waals surface area contributed by atoms with E-state index in [4.69, 9.17) is 5.11 Å². The second-order valence-electron chi connectivity index (χ2n) is 3.20. The van der Waals surface area contributed by atoms with Crippen molar-refractivity contribution in [1.82, 2.24) is 9.97 Å². The number of carboxylic acid groups (broad SMARTS) is 1. The van der Waals surface area contributed by atoms with Crippen molar-refractivity contribution in [3.05, 3.63) is 41.5 Å². The molecule has 0 saturated heterocycles. The molecule has 1 heterocycles. The SMILES string of the molecule is O=C(O)c1cnc(-c2cc(F)c(F)c(F)c2)[nH]1. The Kier molecular flexibility index (Phi) is 2.58. The van der Waals surface area contributed by atoms with Crippen molar-refractivity contribution < 1.29 is 23.1 Å². The van der Waals surface area contributed by atoms with Crippen LogP contribution in [0.4, 0.5) is 13.2 Å². The zero-order valence-corrected chi connectivity index (χ0v) is 8.17. The van der Waals surface area contributed by atoms with Crippen LogP contribution < -0.4 is 0 Å². The monoisotopic (exact) mass is 242 g/mol. The van der Waals surface area contributed by atoms with E-state index in [1.54, 1.807) is 0 Å². The highest BCUT2D eigenvalue weighted by Gasteiger charge is 2.14. The largest absolute Gasteiger partial charge is 0.477 e. The van der Waals surface area contributed by atoms with Crippen molar-refractivity contribution in [3.8, 4) is 11.4 Å². The molecule has 1 aromatic heterocycles. The first-order valence-corrected chi connectivity index (χ1v) is 4.42. The highest BCUT2D eigenvalue weighted by molar-refractivity contribution is 5.85. The first-order chi connectivity index (χ1) is 7.99. The number of hydrogen-bond donors (Lipinski definition) is 2. The number of carbonyl (C=O) groups is 1. The summed E-state index contributed by atoms with van der Waals surface area (Å²) in [6, 6.07) is 1.45. The third-order valence-corrected chi connectivity index (χ3v) is 2.06. The second-order valence-corrected chi connectivity index (χ2v) is 3.20. The summed E-state index contributed by atoms with van der Waals surface area (Å²) in [5.74, 6) is -5.63. The fourth-order valence-corrected chi connectivity index (χ4v) is 1.27. The van der Waals surface area contributed by atoms with Crippen molar-refractivity contribution in [1.29, 1.82) is 0 Å². The molecule has 88 valence electrons. The van der Waals surface area contributed by atoms with Crippen LogP contribution in [0.25, 0.3) is 11.4 Å². The summed E-state index contributed by atoms with van der Waals surface area (Å²) in [6.45, 7) is 0. The molecule has 0 bridgehead atoms.